The summed E-state index contributed by atoms with van der Waals surface area (Å²) in [4.78, 5) is 28.6. The molecule has 0 radical (unpaired) electrons. The topological polar surface area (TPSA) is 106 Å². The van der Waals surface area contributed by atoms with E-state index in [1.165, 1.54) is 6.21 Å². The maximum Gasteiger partial charge on any atom is 0.255 e. The average molecular weight is 470 g/mol. The molecule has 0 spiro atoms. The quantitative estimate of drug-likeness (QED) is 0.511. The molecule has 1 atom stereocenters. The number of nitrogens with zero attached hydrogens (tertiary/aromatic N) is 4. The molecule has 2 aliphatic rings. The van der Waals surface area contributed by atoms with Gasteiger partial charge < -0.3 is 25.7 Å². The van der Waals surface area contributed by atoms with Gasteiger partial charge in [0.05, 0.1) is 34.9 Å². The third-order valence-electron chi connectivity index (χ3n) is 6.23. The predicted octanol–water partition coefficient (Wildman–Crippen LogP) is 2.74. The molecule has 2 aliphatic heterocycles. The van der Waals surface area contributed by atoms with Crippen LogP contribution in [0.2, 0.25) is 0 Å². The van der Waals surface area contributed by atoms with Crippen molar-refractivity contribution >= 4 is 29.4 Å². The Kier molecular flexibility index (Phi) is 6.78. The van der Waals surface area contributed by atoms with Gasteiger partial charge in [0.15, 0.2) is 0 Å². The van der Waals surface area contributed by atoms with Crippen LogP contribution in [-0.4, -0.2) is 77.8 Å². The zero-order valence-corrected chi connectivity index (χ0v) is 20.3. The molecule has 2 aromatic rings. The summed E-state index contributed by atoms with van der Waals surface area (Å²) >= 11 is 1.61. The van der Waals surface area contributed by atoms with Crippen LogP contribution in [-0.2, 0) is 10.3 Å². The van der Waals surface area contributed by atoms with Gasteiger partial charge in [0.25, 0.3) is 5.91 Å². The monoisotopic (exact) mass is 469 g/mol. The number of aromatic nitrogens is 2. The molecular weight excluding hydrogens is 438 g/mol. The highest BCUT2D eigenvalue weighted by Crippen LogP contribution is 2.45. The van der Waals surface area contributed by atoms with Crippen LogP contribution in [0.25, 0.3) is 10.6 Å². The van der Waals surface area contributed by atoms with Crippen molar-refractivity contribution in [2.45, 2.75) is 32.4 Å². The normalized spacial score (nSPS) is 20.6. The van der Waals surface area contributed by atoms with Gasteiger partial charge in [0.2, 0.25) is 5.95 Å². The first-order valence-electron chi connectivity index (χ1n) is 11.1. The lowest BCUT2D eigenvalue weighted by atomic mass is 10.0. The fourth-order valence-electron chi connectivity index (χ4n) is 4.30. The second-order valence-corrected chi connectivity index (χ2v) is 9.77. The number of hydrogen-bond donors (Lipinski definition) is 3. The molecule has 1 saturated heterocycles. The molecule has 10 heteroatoms. The first kappa shape index (κ1) is 23.3. The van der Waals surface area contributed by atoms with Gasteiger partial charge in [0, 0.05) is 50.0 Å². The van der Waals surface area contributed by atoms with Crippen molar-refractivity contribution in [2.24, 2.45) is 0 Å². The number of hydrogen-bond acceptors (Lipinski definition) is 9. The Morgan fingerprint density at radius 3 is 2.94 bits per heavy atom. The summed E-state index contributed by atoms with van der Waals surface area (Å²) in [5, 5.41) is 13.3. The van der Waals surface area contributed by atoms with Crippen molar-refractivity contribution < 1.29 is 9.53 Å². The molecule has 2 aromatic heterocycles. The summed E-state index contributed by atoms with van der Waals surface area (Å²) in [7, 11) is 1.76. The van der Waals surface area contributed by atoms with Gasteiger partial charge >= 0.3 is 0 Å². The highest BCUT2D eigenvalue weighted by molar-refractivity contribution is 7.16. The Morgan fingerprint density at radius 1 is 1.42 bits per heavy atom. The Morgan fingerprint density at radius 2 is 2.24 bits per heavy atom. The van der Waals surface area contributed by atoms with E-state index in [4.69, 9.17) is 10.1 Å². The van der Waals surface area contributed by atoms with Crippen LogP contribution in [0.3, 0.4) is 0 Å². The molecule has 0 aromatic carbocycles. The van der Waals surface area contributed by atoms with Crippen LogP contribution in [0.5, 0.6) is 0 Å². The number of allylic oxidation sites excluding steroid dienone is 1. The summed E-state index contributed by atoms with van der Waals surface area (Å²) in [5.41, 5.74) is 1.16. The zero-order chi connectivity index (χ0) is 23.6. The molecule has 0 saturated carbocycles. The molecule has 1 amide bonds. The predicted molar refractivity (Wildman–Crippen MR) is 131 cm³/mol. The van der Waals surface area contributed by atoms with Crippen molar-refractivity contribution in [3.05, 3.63) is 40.7 Å². The molecule has 1 fully saturated rings. The smallest absolute Gasteiger partial charge is 0.255 e. The fraction of sp³-hybridized carbons (Fsp3) is 0.478. The van der Waals surface area contributed by atoms with E-state index in [1.54, 1.807) is 30.7 Å². The van der Waals surface area contributed by atoms with Crippen molar-refractivity contribution in [3.8, 4) is 10.6 Å². The molecule has 4 heterocycles. The number of ether oxygens (including phenoxy) is 1. The molecule has 4 rings (SSSR count). The molecule has 33 heavy (non-hydrogen) atoms. The molecule has 0 bridgehead atoms. The lowest BCUT2D eigenvalue weighted by Gasteiger charge is -2.37. The molecule has 3 N–H and O–H groups in total. The lowest BCUT2D eigenvalue weighted by molar-refractivity contribution is -0.00700. The molecule has 9 nitrogen and oxygen atoms in total. The first-order valence-corrected chi connectivity index (χ1v) is 11.9. The highest BCUT2D eigenvalue weighted by Gasteiger charge is 2.45. The van der Waals surface area contributed by atoms with Crippen molar-refractivity contribution in [1.82, 2.24) is 25.1 Å². The van der Waals surface area contributed by atoms with Gasteiger partial charge in [-0.15, -0.1) is 11.3 Å². The minimum Gasteiger partial charge on any atom is -0.379 e. The van der Waals surface area contributed by atoms with E-state index in [2.05, 4.69) is 46.3 Å². The lowest BCUT2D eigenvalue weighted by Crippen LogP contribution is -2.49. The number of rotatable bonds is 8. The van der Waals surface area contributed by atoms with Crippen LogP contribution in [0.4, 0.5) is 5.95 Å². The van der Waals surface area contributed by atoms with E-state index >= 15 is 0 Å². The maximum absolute atomic E-state index is 13.3. The van der Waals surface area contributed by atoms with E-state index < -0.39 is 0 Å². The first-order chi connectivity index (χ1) is 15.8. The van der Waals surface area contributed by atoms with Gasteiger partial charge in [-0.05, 0) is 39.0 Å². The van der Waals surface area contributed by atoms with Gasteiger partial charge in [-0.1, -0.05) is 0 Å². The second-order valence-electron chi connectivity index (χ2n) is 8.72. The molecule has 0 aliphatic carbocycles. The SMILES string of the molecule is CN/C(=C\C=N)Nc1nccc(-c2cc3c(s2)C(C)(C)N(CCN2CCOCC2C)C3=O)n1. The molecule has 1 unspecified atom stereocenters. The van der Waals surface area contributed by atoms with Crippen LogP contribution in [0.1, 0.15) is 36.0 Å². The Labute approximate surface area is 198 Å². The molecule has 176 valence electrons. The maximum atomic E-state index is 13.3. The third-order valence-corrected chi connectivity index (χ3v) is 7.70. The fourth-order valence-corrected chi connectivity index (χ4v) is 5.53. The third kappa shape index (κ3) is 4.64. The number of carbonyl (C=O) groups is 1. The largest absolute Gasteiger partial charge is 0.379 e. The Balaban J connectivity index is 1.52. The number of fused-ring (bicyclic) bond motifs is 1. The summed E-state index contributed by atoms with van der Waals surface area (Å²) < 4.78 is 5.54. The van der Waals surface area contributed by atoms with E-state index in [-0.39, 0.29) is 11.4 Å². The Bertz CT molecular complexity index is 1060. The van der Waals surface area contributed by atoms with Crippen LogP contribution in [0, 0.1) is 5.41 Å². The number of morpholine rings is 1. The van der Waals surface area contributed by atoms with Gasteiger partial charge in [-0.25, -0.2) is 9.97 Å². The Hall–Kier alpha value is -2.82. The summed E-state index contributed by atoms with van der Waals surface area (Å²) in [6, 6.07) is 4.18. The minimum absolute atomic E-state index is 0.0807. The number of thiophene rings is 1. The van der Waals surface area contributed by atoms with Crippen molar-refractivity contribution in [2.75, 3.05) is 45.2 Å². The zero-order valence-electron chi connectivity index (χ0n) is 19.5. The van der Waals surface area contributed by atoms with Gasteiger partial charge in [-0.2, -0.15) is 0 Å². The van der Waals surface area contributed by atoms with Crippen molar-refractivity contribution in [3.63, 3.8) is 0 Å². The number of nitrogens with one attached hydrogen (secondary N) is 3. The van der Waals surface area contributed by atoms with E-state index in [1.807, 2.05) is 17.0 Å². The van der Waals surface area contributed by atoms with Crippen LogP contribution >= 0.6 is 11.3 Å². The van der Waals surface area contributed by atoms with Crippen molar-refractivity contribution in [1.29, 1.82) is 5.41 Å². The summed E-state index contributed by atoms with van der Waals surface area (Å²) in [6.45, 7) is 10.4. The highest BCUT2D eigenvalue weighted by atomic mass is 32.1. The average Bonchev–Trinajstić information content (AvgIpc) is 3.32. The summed E-state index contributed by atoms with van der Waals surface area (Å²) in [5.74, 6) is 1.13. The second kappa shape index (κ2) is 9.58. The number of anilines is 1. The van der Waals surface area contributed by atoms with Crippen LogP contribution in [0.15, 0.2) is 30.2 Å². The van der Waals surface area contributed by atoms with Crippen LogP contribution < -0.4 is 10.6 Å². The van der Waals surface area contributed by atoms with Gasteiger partial charge in [-0.3, -0.25) is 9.69 Å². The summed E-state index contributed by atoms with van der Waals surface area (Å²) in [6.07, 6.45) is 4.46. The van der Waals surface area contributed by atoms with E-state index in [0.29, 0.717) is 24.4 Å². The van der Waals surface area contributed by atoms with Gasteiger partial charge in [0.1, 0.15) is 5.82 Å². The minimum atomic E-state index is -0.370. The molecular formula is C23H31N7O2S. The van der Waals surface area contributed by atoms with E-state index in [9.17, 15) is 4.79 Å². The van der Waals surface area contributed by atoms with E-state index in [0.717, 1.165) is 47.3 Å². The number of carbonyl (C=O) groups excluding carboxylic acids is 1. The number of amides is 1. The standard InChI is InChI=1S/C23H31N7O2S/c1-15-14-32-12-11-29(15)9-10-30-21(31)16-13-18(33-20(16)23(30,2)3)17-6-8-26-22(27-17)28-19(25-4)5-7-24/h5-8,13,15,24-25H,9-12,14H2,1-4H3,(H,26,27,28)/b19-5+,24-7?.